The molecule has 3 heteroatoms. The van der Waals surface area contributed by atoms with Crippen molar-refractivity contribution in [2.24, 2.45) is 5.92 Å². The third kappa shape index (κ3) is 1.47. The first-order chi connectivity index (χ1) is 6.58. The fourth-order valence-corrected chi connectivity index (χ4v) is 1.91. The van der Waals surface area contributed by atoms with Crippen molar-refractivity contribution in [2.75, 3.05) is 0 Å². The molecule has 2 rings (SSSR count). The molecule has 0 saturated heterocycles. The lowest BCUT2D eigenvalue weighted by Crippen LogP contribution is -2.21. The smallest absolute Gasteiger partial charge is 0.253 e. The monoisotopic (exact) mass is 192 g/mol. The van der Waals surface area contributed by atoms with Crippen molar-refractivity contribution in [1.29, 1.82) is 0 Å². The average Bonchev–Trinajstić information content (AvgIpc) is 2.45. The Morgan fingerprint density at radius 1 is 1.57 bits per heavy atom. The first-order valence-electron chi connectivity index (χ1n) is 5.18. The van der Waals surface area contributed by atoms with Crippen molar-refractivity contribution in [2.45, 2.75) is 39.7 Å². The van der Waals surface area contributed by atoms with Crippen molar-refractivity contribution < 1.29 is 0 Å². The zero-order valence-corrected chi connectivity index (χ0v) is 8.95. The van der Waals surface area contributed by atoms with Gasteiger partial charge in [-0.2, -0.15) is 0 Å². The third-order valence-corrected chi connectivity index (χ3v) is 2.72. The molecular formula is C11H16N2O. The molecule has 76 valence electrons. The molecule has 0 N–H and O–H groups in total. The van der Waals surface area contributed by atoms with E-state index in [0.717, 1.165) is 24.5 Å². The predicted octanol–water partition coefficient (Wildman–Crippen LogP) is 1.56. The molecule has 0 unspecified atom stereocenters. The quantitative estimate of drug-likeness (QED) is 0.676. The normalized spacial score (nSPS) is 20.1. The Balaban J connectivity index is 2.51. The molecule has 0 aliphatic carbocycles. The van der Waals surface area contributed by atoms with Crippen LogP contribution in [0.2, 0.25) is 0 Å². The lowest BCUT2D eigenvalue weighted by Gasteiger charge is -2.07. The van der Waals surface area contributed by atoms with Crippen LogP contribution in [0.25, 0.3) is 0 Å². The molecule has 0 aromatic carbocycles. The van der Waals surface area contributed by atoms with Gasteiger partial charge in [-0.15, -0.1) is 0 Å². The summed E-state index contributed by atoms with van der Waals surface area (Å²) in [6.45, 7) is 7.12. The zero-order chi connectivity index (χ0) is 10.3. The summed E-state index contributed by atoms with van der Waals surface area (Å²) in [5, 5.41) is 0. The maximum atomic E-state index is 11.7. The van der Waals surface area contributed by atoms with Crippen molar-refractivity contribution in [3.8, 4) is 0 Å². The summed E-state index contributed by atoms with van der Waals surface area (Å²) < 4.78 is 1.80. The van der Waals surface area contributed by atoms with Crippen LogP contribution in [0, 0.1) is 5.92 Å². The SMILES string of the molecule is CC(C)c1cc(=O)n2c(n1)C[C@H](C)C2. The maximum Gasteiger partial charge on any atom is 0.253 e. The van der Waals surface area contributed by atoms with Crippen LogP contribution >= 0.6 is 0 Å². The number of aromatic nitrogens is 2. The molecule has 0 bridgehead atoms. The van der Waals surface area contributed by atoms with Gasteiger partial charge in [0.15, 0.2) is 0 Å². The molecule has 14 heavy (non-hydrogen) atoms. The zero-order valence-electron chi connectivity index (χ0n) is 8.95. The Labute approximate surface area is 83.8 Å². The van der Waals surface area contributed by atoms with Crippen molar-refractivity contribution in [1.82, 2.24) is 9.55 Å². The van der Waals surface area contributed by atoms with Gasteiger partial charge in [-0.3, -0.25) is 9.36 Å². The molecule has 0 saturated carbocycles. The lowest BCUT2D eigenvalue weighted by atomic mass is 10.1. The van der Waals surface area contributed by atoms with Gasteiger partial charge in [0.2, 0.25) is 0 Å². The number of nitrogens with zero attached hydrogens (tertiary/aromatic N) is 2. The van der Waals surface area contributed by atoms with Crippen LogP contribution in [0.3, 0.4) is 0 Å². The standard InChI is InChI=1S/C11H16N2O/c1-7(2)9-5-11(14)13-6-8(3)4-10(13)12-9/h5,7-8H,4,6H2,1-3H3/t8-/m0/s1. The Morgan fingerprint density at radius 3 is 2.93 bits per heavy atom. The summed E-state index contributed by atoms with van der Waals surface area (Å²) in [7, 11) is 0. The second kappa shape index (κ2) is 3.23. The number of rotatable bonds is 1. The average molecular weight is 192 g/mol. The van der Waals surface area contributed by atoms with E-state index in [9.17, 15) is 4.79 Å². The molecular weight excluding hydrogens is 176 g/mol. The molecule has 1 atom stereocenters. The van der Waals surface area contributed by atoms with E-state index in [1.807, 2.05) is 0 Å². The topological polar surface area (TPSA) is 34.9 Å². The lowest BCUT2D eigenvalue weighted by molar-refractivity contribution is 0.556. The molecule has 0 fully saturated rings. The van der Waals surface area contributed by atoms with Gasteiger partial charge in [-0.05, 0) is 11.8 Å². The van der Waals surface area contributed by atoms with Gasteiger partial charge >= 0.3 is 0 Å². The second-order valence-electron chi connectivity index (χ2n) is 4.51. The van der Waals surface area contributed by atoms with E-state index >= 15 is 0 Å². The molecule has 3 nitrogen and oxygen atoms in total. The van der Waals surface area contributed by atoms with E-state index in [0.29, 0.717) is 11.8 Å². The van der Waals surface area contributed by atoms with E-state index in [-0.39, 0.29) is 5.56 Å². The fourth-order valence-electron chi connectivity index (χ4n) is 1.91. The minimum atomic E-state index is 0.114. The number of hydrogen-bond acceptors (Lipinski definition) is 2. The van der Waals surface area contributed by atoms with Gasteiger partial charge < -0.3 is 0 Å². The minimum absolute atomic E-state index is 0.114. The van der Waals surface area contributed by atoms with E-state index in [1.54, 1.807) is 10.6 Å². The van der Waals surface area contributed by atoms with Crippen LogP contribution in [-0.4, -0.2) is 9.55 Å². The van der Waals surface area contributed by atoms with Crippen molar-refractivity contribution in [3.05, 3.63) is 27.9 Å². The van der Waals surface area contributed by atoms with Gasteiger partial charge in [-0.25, -0.2) is 4.98 Å². The van der Waals surface area contributed by atoms with Crippen LogP contribution in [0.15, 0.2) is 10.9 Å². The van der Waals surface area contributed by atoms with Crippen molar-refractivity contribution >= 4 is 0 Å². The van der Waals surface area contributed by atoms with Crippen LogP contribution in [-0.2, 0) is 13.0 Å². The summed E-state index contributed by atoms with van der Waals surface area (Å²) in [5.74, 6) is 1.86. The Morgan fingerprint density at radius 2 is 2.29 bits per heavy atom. The first kappa shape index (κ1) is 9.44. The highest BCUT2D eigenvalue weighted by Crippen LogP contribution is 2.18. The summed E-state index contributed by atoms with van der Waals surface area (Å²) >= 11 is 0. The molecule has 1 aromatic rings. The minimum Gasteiger partial charge on any atom is -0.296 e. The highest BCUT2D eigenvalue weighted by atomic mass is 16.1. The summed E-state index contributed by atoms with van der Waals surface area (Å²) in [4.78, 5) is 16.2. The van der Waals surface area contributed by atoms with Gasteiger partial charge in [0.1, 0.15) is 5.82 Å². The Kier molecular flexibility index (Phi) is 2.17. The Hall–Kier alpha value is -1.12. The summed E-state index contributed by atoms with van der Waals surface area (Å²) in [6, 6.07) is 1.67. The molecule has 0 radical (unpaired) electrons. The number of fused-ring (bicyclic) bond motifs is 1. The Bertz CT molecular complexity index is 406. The van der Waals surface area contributed by atoms with E-state index in [1.165, 1.54) is 0 Å². The van der Waals surface area contributed by atoms with Gasteiger partial charge in [0.25, 0.3) is 5.56 Å². The second-order valence-corrected chi connectivity index (χ2v) is 4.51. The van der Waals surface area contributed by atoms with Crippen LogP contribution < -0.4 is 5.56 Å². The van der Waals surface area contributed by atoms with Gasteiger partial charge in [0, 0.05) is 19.0 Å². The third-order valence-electron chi connectivity index (χ3n) is 2.72. The molecule has 2 heterocycles. The van der Waals surface area contributed by atoms with E-state index < -0.39 is 0 Å². The van der Waals surface area contributed by atoms with Crippen LogP contribution in [0.4, 0.5) is 0 Å². The van der Waals surface area contributed by atoms with Gasteiger partial charge in [-0.1, -0.05) is 20.8 Å². The van der Waals surface area contributed by atoms with Crippen LogP contribution in [0.5, 0.6) is 0 Å². The number of hydrogen-bond donors (Lipinski definition) is 0. The molecule has 1 aliphatic rings. The highest BCUT2D eigenvalue weighted by Gasteiger charge is 2.20. The largest absolute Gasteiger partial charge is 0.296 e. The van der Waals surface area contributed by atoms with Crippen LogP contribution in [0.1, 0.15) is 38.2 Å². The summed E-state index contributed by atoms with van der Waals surface area (Å²) in [5.41, 5.74) is 1.04. The van der Waals surface area contributed by atoms with Gasteiger partial charge in [0.05, 0.1) is 5.69 Å². The first-order valence-corrected chi connectivity index (χ1v) is 5.18. The molecule has 1 aromatic heterocycles. The molecule has 0 spiro atoms. The fraction of sp³-hybridized carbons (Fsp3) is 0.636. The highest BCUT2D eigenvalue weighted by molar-refractivity contribution is 5.11. The van der Waals surface area contributed by atoms with Crippen molar-refractivity contribution in [3.63, 3.8) is 0 Å². The predicted molar refractivity (Wildman–Crippen MR) is 55.5 cm³/mol. The van der Waals surface area contributed by atoms with E-state index in [4.69, 9.17) is 0 Å². The molecule has 1 aliphatic heterocycles. The summed E-state index contributed by atoms with van der Waals surface area (Å²) in [6.07, 6.45) is 0.940. The van der Waals surface area contributed by atoms with E-state index in [2.05, 4.69) is 25.8 Å². The maximum absolute atomic E-state index is 11.7. The molecule has 0 amide bonds.